The molecule has 2 aromatic heterocycles. The van der Waals surface area contributed by atoms with Crippen LogP contribution in [0.5, 0.6) is 11.5 Å². The summed E-state index contributed by atoms with van der Waals surface area (Å²) in [5.41, 5.74) is 2.02. The number of allylic oxidation sites excluding steroid dienone is 1. The monoisotopic (exact) mass is 372 g/mol. The van der Waals surface area contributed by atoms with Crippen molar-refractivity contribution in [1.82, 2.24) is 14.3 Å². The molecule has 0 saturated carbocycles. The lowest BCUT2D eigenvalue weighted by molar-refractivity contribution is 0.0992. The Hall–Kier alpha value is -2.87. The summed E-state index contributed by atoms with van der Waals surface area (Å²) in [6.07, 6.45) is 1.75. The van der Waals surface area contributed by atoms with E-state index in [0.717, 1.165) is 15.9 Å². The molecule has 0 bridgehead atoms. The average Bonchev–Trinajstić information content (AvgIpc) is 3.15. The van der Waals surface area contributed by atoms with E-state index < -0.39 is 5.91 Å². The van der Waals surface area contributed by atoms with Crippen molar-refractivity contribution >= 4 is 27.5 Å². The lowest BCUT2D eigenvalue weighted by Crippen LogP contribution is -2.16. The van der Waals surface area contributed by atoms with Crippen LogP contribution >= 0.6 is 11.3 Å². The van der Waals surface area contributed by atoms with Crippen molar-refractivity contribution in [2.75, 3.05) is 14.2 Å². The second-order valence-corrected chi connectivity index (χ2v) is 6.62. The first-order valence-electron chi connectivity index (χ1n) is 7.95. The molecule has 2 heterocycles. The molecule has 1 amide bonds. The van der Waals surface area contributed by atoms with Crippen molar-refractivity contribution < 1.29 is 14.3 Å². The molecule has 0 aliphatic carbocycles. The van der Waals surface area contributed by atoms with Crippen molar-refractivity contribution in [2.45, 2.75) is 13.5 Å². The highest BCUT2D eigenvalue weighted by molar-refractivity contribution is 7.16. The summed E-state index contributed by atoms with van der Waals surface area (Å²) >= 11 is 1.37. The smallest absolute Gasteiger partial charge is 0.300 e. The summed E-state index contributed by atoms with van der Waals surface area (Å²) in [5.74, 6) is 0.990. The third kappa shape index (κ3) is 3.03. The van der Waals surface area contributed by atoms with Crippen LogP contribution in [0.3, 0.4) is 0 Å². The maximum Gasteiger partial charge on any atom is 0.300 e. The highest BCUT2D eigenvalue weighted by Gasteiger charge is 2.17. The summed E-state index contributed by atoms with van der Waals surface area (Å²) < 4.78 is 15.3. The second-order valence-electron chi connectivity index (χ2n) is 5.64. The standard InChI is InChI=1S/C18H20N4O3S/c1-6-9-22-15-13(24-4)7-8-14(25-5)16(15)26-18(22)19-17(23)12-10-11(2)21(3)20-12/h6-8,10H,1,9H2,2-5H3. The Morgan fingerprint density at radius 2 is 2.04 bits per heavy atom. The highest BCUT2D eigenvalue weighted by Crippen LogP contribution is 2.35. The molecule has 0 fully saturated rings. The van der Waals surface area contributed by atoms with E-state index in [4.69, 9.17) is 9.47 Å². The largest absolute Gasteiger partial charge is 0.495 e. The van der Waals surface area contributed by atoms with E-state index in [-0.39, 0.29) is 0 Å². The molecule has 7 nitrogen and oxygen atoms in total. The quantitative estimate of drug-likeness (QED) is 0.646. The van der Waals surface area contributed by atoms with Gasteiger partial charge in [-0.2, -0.15) is 10.1 Å². The molecule has 0 radical (unpaired) electrons. The second kappa shape index (κ2) is 7.17. The van der Waals surface area contributed by atoms with Crippen LogP contribution in [0.25, 0.3) is 10.2 Å². The minimum Gasteiger partial charge on any atom is -0.495 e. The Balaban J connectivity index is 2.26. The number of fused-ring (bicyclic) bond motifs is 1. The first kappa shape index (κ1) is 17.9. The molecule has 3 aromatic rings. The van der Waals surface area contributed by atoms with Gasteiger partial charge >= 0.3 is 0 Å². The van der Waals surface area contributed by atoms with Gasteiger partial charge in [0.25, 0.3) is 5.91 Å². The fourth-order valence-corrected chi connectivity index (χ4v) is 3.79. The van der Waals surface area contributed by atoms with Gasteiger partial charge in [-0.15, -0.1) is 6.58 Å². The summed E-state index contributed by atoms with van der Waals surface area (Å²) in [4.78, 5) is 17.4. The van der Waals surface area contributed by atoms with Crippen LogP contribution in [0.2, 0.25) is 0 Å². The van der Waals surface area contributed by atoms with Gasteiger partial charge in [0.05, 0.1) is 14.2 Å². The number of aryl methyl sites for hydroxylation is 2. The van der Waals surface area contributed by atoms with Gasteiger partial charge in [-0.25, -0.2) is 0 Å². The first-order chi connectivity index (χ1) is 12.5. The molecular formula is C18H20N4O3S. The molecule has 0 spiro atoms. The Kier molecular flexibility index (Phi) is 4.94. The Bertz CT molecular complexity index is 1040. The first-order valence-corrected chi connectivity index (χ1v) is 8.76. The number of rotatable bonds is 5. The van der Waals surface area contributed by atoms with Gasteiger partial charge in [-0.1, -0.05) is 17.4 Å². The number of nitrogens with zero attached hydrogens (tertiary/aromatic N) is 4. The third-order valence-electron chi connectivity index (χ3n) is 4.03. The fourth-order valence-electron chi connectivity index (χ4n) is 2.65. The Labute approximate surface area is 154 Å². The predicted octanol–water partition coefficient (Wildman–Crippen LogP) is 2.69. The summed E-state index contributed by atoms with van der Waals surface area (Å²) in [7, 11) is 5.01. The number of methoxy groups -OCH3 is 2. The third-order valence-corrected chi connectivity index (χ3v) is 5.13. The number of thiazole rings is 1. The molecule has 0 unspecified atom stereocenters. The van der Waals surface area contributed by atoms with Gasteiger partial charge < -0.3 is 14.0 Å². The van der Waals surface area contributed by atoms with Gasteiger partial charge in [-0.3, -0.25) is 9.48 Å². The van der Waals surface area contributed by atoms with E-state index in [2.05, 4.69) is 16.7 Å². The van der Waals surface area contributed by atoms with Gasteiger partial charge in [0.15, 0.2) is 10.5 Å². The topological polar surface area (TPSA) is 70.6 Å². The SMILES string of the molecule is C=CCn1c(=NC(=O)c2cc(C)n(C)n2)sc2c(OC)ccc(OC)c21. The van der Waals surface area contributed by atoms with Crippen LogP contribution in [0, 0.1) is 6.92 Å². The van der Waals surface area contributed by atoms with E-state index >= 15 is 0 Å². The van der Waals surface area contributed by atoms with Crippen molar-refractivity contribution in [3.63, 3.8) is 0 Å². The Morgan fingerprint density at radius 3 is 2.62 bits per heavy atom. The molecule has 3 rings (SSSR count). The van der Waals surface area contributed by atoms with E-state index in [1.54, 1.807) is 38.1 Å². The Morgan fingerprint density at radius 1 is 1.35 bits per heavy atom. The molecule has 136 valence electrons. The maximum atomic E-state index is 12.6. The molecule has 0 atom stereocenters. The lowest BCUT2D eigenvalue weighted by atomic mass is 10.3. The molecule has 0 N–H and O–H groups in total. The molecule has 0 aliphatic heterocycles. The van der Waals surface area contributed by atoms with Crippen LogP contribution in [-0.4, -0.2) is 34.5 Å². The average molecular weight is 372 g/mol. The van der Waals surface area contributed by atoms with E-state index in [1.165, 1.54) is 11.3 Å². The van der Waals surface area contributed by atoms with Crippen LogP contribution in [0.4, 0.5) is 0 Å². The normalized spacial score (nSPS) is 11.8. The summed E-state index contributed by atoms with van der Waals surface area (Å²) in [6, 6.07) is 5.39. The molecular weight excluding hydrogens is 352 g/mol. The predicted molar refractivity (Wildman–Crippen MR) is 101 cm³/mol. The molecule has 0 aliphatic rings. The van der Waals surface area contributed by atoms with E-state index in [9.17, 15) is 4.79 Å². The van der Waals surface area contributed by atoms with Gasteiger partial charge in [0.2, 0.25) is 0 Å². The zero-order valence-corrected chi connectivity index (χ0v) is 16.0. The number of benzene rings is 1. The van der Waals surface area contributed by atoms with Crippen molar-refractivity contribution in [3.05, 3.63) is 47.0 Å². The zero-order chi connectivity index (χ0) is 18.8. The number of hydrogen-bond donors (Lipinski definition) is 0. The zero-order valence-electron chi connectivity index (χ0n) is 15.1. The van der Waals surface area contributed by atoms with Crippen molar-refractivity contribution in [3.8, 4) is 11.5 Å². The van der Waals surface area contributed by atoms with Gasteiger partial charge in [-0.05, 0) is 25.1 Å². The van der Waals surface area contributed by atoms with Gasteiger partial charge in [0, 0.05) is 19.3 Å². The van der Waals surface area contributed by atoms with Crippen LogP contribution in [0.1, 0.15) is 16.2 Å². The molecule has 0 saturated heterocycles. The van der Waals surface area contributed by atoms with E-state index in [1.807, 2.05) is 23.6 Å². The fraction of sp³-hybridized carbons (Fsp3) is 0.278. The highest BCUT2D eigenvalue weighted by atomic mass is 32.1. The van der Waals surface area contributed by atoms with Crippen LogP contribution in [-0.2, 0) is 13.6 Å². The number of carbonyl (C=O) groups excluding carboxylic acids is 1. The number of aromatic nitrogens is 3. The van der Waals surface area contributed by atoms with E-state index in [0.29, 0.717) is 28.5 Å². The van der Waals surface area contributed by atoms with Gasteiger partial charge in [0.1, 0.15) is 21.7 Å². The molecule has 8 heteroatoms. The van der Waals surface area contributed by atoms with Crippen molar-refractivity contribution in [1.29, 1.82) is 0 Å². The minimum absolute atomic E-state index is 0.312. The number of hydrogen-bond acceptors (Lipinski definition) is 5. The number of amides is 1. The molecule has 26 heavy (non-hydrogen) atoms. The van der Waals surface area contributed by atoms with Crippen LogP contribution in [0.15, 0.2) is 35.8 Å². The summed E-state index contributed by atoms with van der Waals surface area (Å²) in [6.45, 7) is 6.17. The van der Waals surface area contributed by atoms with Crippen molar-refractivity contribution in [2.24, 2.45) is 12.0 Å². The minimum atomic E-state index is -0.393. The number of carbonyl (C=O) groups is 1. The summed E-state index contributed by atoms with van der Waals surface area (Å²) in [5, 5.41) is 4.20. The molecule has 1 aromatic carbocycles. The lowest BCUT2D eigenvalue weighted by Gasteiger charge is -2.08. The van der Waals surface area contributed by atoms with Crippen LogP contribution < -0.4 is 14.3 Å². The maximum absolute atomic E-state index is 12.6. The number of ether oxygens (including phenoxy) is 2.